The van der Waals surface area contributed by atoms with Gasteiger partial charge in [0.15, 0.2) is 0 Å². The van der Waals surface area contributed by atoms with Crippen molar-refractivity contribution in [2.45, 2.75) is 31.8 Å². The van der Waals surface area contributed by atoms with Crippen LogP contribution in [0.4, 0.5) is 0 Å². The van der Waals surface area contributed by atoms with Gasteiger partial charge < -0.3 is 9.09 Å². The molecule has 0 spiro atoms. The normalized spacial score (nSPS) is 18.8. The van der Waals surface area contributed by atoms with E-state index in [0.717, 1.165) is 30.9 Å². The van der Waals surface area contributed by atoms with Crippen LogP contribution in [0, 0.1) is 0 Å². The van der Waals surface area contributed by atoms with Gasteiger partial charge in [0.05, 0.1) is 12.6 Å². The van der Waals surface area contributed by atoms with E-state index in [2.05, 4.69) is 24.6 Å². The number of hydrogen-bond acceptors (Lipinski definition) is 5. The summed E-state index contributed by atoms with van der Waals surface area (Å²) in [6.07, 6.45) is 7.25. The molecule has 4 rings (SSSR count). The highest BCUT2D eigenvalue weighted by Crippen LogP contribution is 2.32. The first-order chi connectivity index (χ1) is 11.8. The molecule has 0 bridgehead atoms. The van der Waals surface area contributed by atoms with E-state index in [9.17, 15) is 0 Å². The number of hydrogen-bond donors (Lipinski definition) is 0. The average Bonchev–Trinajstić information content (AvgIpc) is 3.26. The maximum absolute atomic E-state index is 5.61. The lowest BCUT2D eigenvalue weighted by molar-refractivity contribution is 0.107. The molecule has 0 radical (unpaired) electrons. The Hall–Kier alpha value is -2.47. The standard InChI is InChI=1S/C18H21N5O/c1-22-12-10-19-16(22)13-23-11-6-5-9-15(23)18-20-17(21-24-18)14-7-3-2-4-8-14/h2-4,7-8,10,12,15H,5-6,9,11,13H2,1H3/t15-/m0/s1. The van der Waals surface area contributed by atoms with Gasteiger partial charge in [-0.3, -0.25) is 4.90 Å². The highest BCUT2D eigenvalue weighted by atomic mass is 16.5. The van der Waals surface area contributed by atoms with Crippen molar-refractivity contribution in [2.24, 2.45) is 7.05 Å². The largest absolute Gasteiger partial charge is 0.337 e. The van der Waals surface area contributed by atoms with E-state index in [1.807, 2.05) is 49.8 Å². The second kappa shape index (κ2) is 6.57. The molecule has 124 valence electrons. The fraction of sp³-hybridized carbons (Fsp3) is 0.389. The van der Waals surface area contributed by atoms with E-state index in [1.165, 1.54) is 12.8 Å². The van der Waals surface area contributed by atoms with Crippen LogP contribution in [0.2, 0.25) is 0 Å². The van der Waals surface area contributed by atoms with Gasteiger partial charge in [0, 0.05) is 25.0 Å². The summed E-state index contributed by atoms with van der Waals surface area (Å²) in [4.78, 5) is 11.5. The first-order valence-corrected chi connectivity index (χ1v) is 8.40. The minimum Gasteiger partial charge on any atom is -0.337 e. The first-order valence-electron chi connectivity index (χ1n) is 8.40. The van der Waals surface area contributed by atoms with E-state index < -0.39 is 0 Å². The molecule has 0 unspecified atom stereocenters. The van der Waals surface area contributed by atoms with Gasteiger partial charge in [-0.25, -0.2) is 4.98 Å². The molecule has 0 aliphatic carbocycles. The van der Waals surface area contributed by atoms with Crippen LogP contribution in [0.5, 0.6) is 0 Å². The number of imidazole rings is 1. The van der Waals surface area contributed by atoms with Crippen LogP contribution in [0.3, 0.4) is 0 Å². The summed E-state index contributed by atoms with van der Waals surface area (Å²) in [6, 6.07) is 10.1. The fourth-order valence-corrected chi connectivity index (χ4v) is 3.27. The molecule has 1 fully saturated rings. The molecule has 1 aromatic carbocycles. The summed E-state index contributed by atoms with van der Waals surface area (Å²) in [5.74, 6) is 2.43. The minimum atomic E-state index is 0.167. The molecule has 1 saturated heterocycles. The molecule has 3 aromatic rings. The van der Waals surface area contributed by atoms with Gasteiger partial charge in [0.1, 0.15) is 5.82 Å². The summed E-state index contributed by atoms with van der Waals surface area (Å²) in [6.45, 7) is 1.83. The average molecular weight is 323 g/mol. The van der Waals surface area contributed by atoms with E-state index >= 15 is 0 Å². The Labute approximate surface area is 141 Å². The molecule has 1 atom stereocenters. The Morgan fingerprint density at radius 1 is 1.21 bits per heavy atom. The number of aromatic nitrogens is 4. The lowest BCUT2D eigenvalue weighted by atomic mass is 10.0. The molecule has 6 heteroatoms. The lowest BCUT2D eigenvalue weighted by Crippen LogP contribution is -2.34. The minimum absolute atomic E-state index is 0.167. The number of benzene rings is 1. The molecule has 1 aliphatic rings. The summed E-state index contributed by atoms with van der Waals surface area (Å²) in [5, 5.41) is 4.18. The van der Waals surface area contributed by atoms with Crippen molar-refractivity contribution in [1.29, 1.82) is 0 Å². The van der Waals surface area contributed by atoms with Gasteiger partial charge in [-0.05, 0) is 19.4 Å². The van der Waals surface area contributed by atoms with Gasteiger partial charge in [-0.1, -0.05) is 41.9 Å². The van der Waals surface area contributed by atoms with Crippen LogP contribution in [-0.4, -0.2) is 31.1 Å². The molecule has 24 heavy (non-hydrogen) atoms. The quantitative estimate of drug-likeness (QED) is 0.738. The molecular formula is C18H21N5O. The monoisotopic (exact) mass is 323 g/mol. The van der Waals surface area contributed by atoms with Crippen LogP contribution < -0.4 is 0 Å². The van der Waals surface area contributed by atoms with Crippen molar-refractivity contribution in [2.75, 3.05) is 6.54 Å². The van der Waals surface area contributed by atoms with Gasteiger partial charge >= 0.3 is 0 Å². The molecule has 0 N–H and O–H groups in total. The SMILES string of the molecule is Cn1ccnc1CN1CCCC[C@H]1c1nc(-c2ccccc2)no1. The Bertz CT molecular complexity index is 795. The maximum Gasteiger partial charge on any atom is 0.244 e. The second-order valence-corrected chi connectivity index (χ2v) is 6.26. The predicted octanol–water partition coefficient (Wildman–Crippen LogP) is 3.20. The molecule has 2 aromatic heterocycles. The van der Waals surface area contributed by atoms with Crippen LogP contribution in [0.15, 0.2) is 47.2 Å². The van der Waals surface area contributed by atoms with Crippen LogP contribution in [0.25, 0.3) is 11.4 Å². The Morgan fingerprint density at radius 3 is 2.88 bits per heavy atom. The summed E-state index contributed by atoms with van der Waals surface area (Å²) in [5.41, 5.74) is 0.985. The smallest absolute Gasteiger partial charge is 0.244 e. The number of likely N-dealkylation sites (tertiary alicyclic amines) is 1. The van der Waals surface area contributed by atoms with Crippen molar-refractivity contribution in [3.63, 3.8) is 0 Å². The summed E-state index contributed by atoms with van der Waals surface area (Å²) >= 11 is 0. The first kappa shape index (κ1) is 15.1. The zero-order chi connectivity index (χ0) is 16.4. The highest BCUT2D eigenvalue weighted by Gasteiger charge is 2.29. The maximum atomic E-state index is 5.61. The van der Waals surface area contributed by atoms with E-state index in [4.69, 9.17) is 4.52 Å². The Morgan fingerprint density at radius 2 is 2.08 bits per heavy atom. The van der Waals surface area contributed by atoms with Crippen molar-refractivity contribution in [1.82, 2.24) is 24.6 Å². The number of aryl methyl sites for hydroxylation is 1. The van der Waals surface area contributed by atoms with E-state index in [1.54, 1.807) is 0 Å². The molecule has 0 saturated carbocycles. The number of rotatable bonds is 4. The molecule has 0 amide bonds. The Kier molecular flexibility index (Phi) is 4.13. The fourth-order valence-electron chi connectivity index (χ4n) is 3.27. The molecule has 6 nitrogen and oxygen atoms in total. The molecular weight excluding hydrogens is 302 g/mol. The van der Waals surface area contributed by atoms with Crippen molar-refractivity contribution < 1.29 is 4.52 Å². The highest BCUT2D eigenvalue weighted by molar-refractivity contribution is 5.53. The third-order valence-corrected chi connectivity index (χ3v) is 4.64. The van der Waals surface area contributed by atoms with Gasteiger partial charge in [-0.15, -0.1) is 0 Å². The summed E-state index contributed by atoms with van der Waals surface area (Å²) < 4.78 is 7.67. The van der Waals surface area contributed by atoms with Crippen molar-refractivity contribution >= 4 is 0 Å². The topological polar surface area (TPSA) is 60.0 Å². The summed E-state index contributed by atoms with van der Waals surface area (Å²) in [7, 11) is 2.03. The van der Waals surface area contributed by atoms with Crippen LogP contribution >= 0.6 is 0 Å². The van der Waals surface area contributed by atoms with Crippen molar-refractivity contribution in [3.05, 3.63) is 54.4 Å². The number of nitrogens with zero attached hydrogens (tertiary/aromatic N) is 5. The number of piperidine rings is 1. The van der Waals surface area contributed by atoms with Crippen molar-refractivity contribution in [3.8, 4) is 11.4 Å². The van der Waals surface area contributed by atoms with Gasteiger partial charge in [0.25, 0.3) is 0 Å². The van der Waals surface area contributed by atoms with Gasteiger partial charge in [0.2, 0.25) is 11.7 Å². The van der Waals surface area contributed by atoms with E-state index in [0.29, 0.717) is 11.7 Å². The molecule has 1 aliphatic heterocycles. The Balaban J connectivity index is 1.57. The second-order valence-electron chi connectivity index (χ2n) is 6.26. The van der Waals surface area contributed by atoms with Crippen LogP contribution in [-0.2, 0) is 13.6 Å². The zero-order valence-electron chi connectivity index (χ0n) is 13.8. The lowest BCUT2D eigenvalue weighted by Gasteiger charge is -2.32. The predicted molar refractivity (Wildman–Crippen MR) is 89.9 cm³/mol. The van der Waals surface area contributed by atoms with Gasteiger partial charge in [-0.2, -0.15) is 4.98 Å². The third-order valence-electron chi connectivity index (χ3n) is 4.64. The van der Waals surface area contributed by atoms with Crippen LogP contribution in [0.1, 0.15) is 37.0 Å². The third kappa shape index (κ3) is 2.97. The molecule has 3 heterocycles. The zero-order valence-corrected chi connectivity index (χ0v) is 13.8. The van der Waals surface area contributed by atoms with E-state index in [-0.39, 0.29) is 6.04 Å².